The quantitative estimate of drug-likeness (QED) is 0.851. The highest BCUT2D eigenvalue weighted by Gasteiger charge is 2.31. The number of aliphatic hydroxyl groups excluding tert-OH is 1. The van der Waals surface area contributed by atoms with E-state index in [-0.39, 0.29) is 6.10 Å². The van der Waals surface area contributed by atoms with Crippen molar-refractivity contribution in [2.24, 2.45) is 5.92 Å². The number of hydrogen-bond donors (Lipinski definition) is 1. The van der Waals surface area contributed by atoms with E-state index in [1.165, 1.54) is 0 Å². The summed E-state index contributed by atoms with van der Waals surface area (Å²) in [6.45, 7) is 2.86. The van der Waals surface area contributed by atoms with Crippen molar-refractivity contribution in [2.75, 3.05) is 13.7 Å². The first-order valence-corrected chi connectivity index (χ1v) is 5.66. The van der Waals surface area contributed by atoms with Crippen LogP contribution in [-0.4, -0.2) is 24.9 Å². The third-order valence-electron chi connectivity index (χ3n) is 3.19. The average molecular weight is 222 g/mol. The van der Waals surface area contributed by atoms with E-state index < -0.39 is 6.10 Å². The molecular weight excluding hydrogens is 204 g/mol. The maximum Gasteiger partial charge on any atom is 0.119 e. The Morgan fingerprint density at radius 2 is 2.31 bits per heavy atom. The van der Waals surface area contributed by atoms with Crippen molar-refractivity contribution in [3.05, 3.63) is 29.8 Å². The largest absolute Gasteiger partial charge is 0.497 e. The van der Waals surface area contributed by atoms with Gasteiger partial charge in [0.15, 0.2) is 0 Å². The van der Waals surface area contributed by atoms with E-state index in [1.54, 1.807) is 7.11 Å². The van der Waals surface area contributed by atoms with Gasteiger partial charge in [0.25, 0.3) is 0 Å². The third kappa shape index (κ3) is 2.20. The second-order valence-electron chi connectivity index (χ2n) is 4.32. The standard InChI is InChI=1S/C13H18O3/c1-9-6-7-16-13(9)12(14)10-4-3-5-11(8-10)15-2/h3-5,8-9,12-14H,6-7H2,1-2H3. The van der Waals surface area contributed by atoms with Crippen molar-refractivity contribution in [3.63, 3.8) is 0 Å². The first-order chi connectivity index (χ1) is 7.72. The van der Waals surface area contributed by atoms with Gasteiger partial charge < -0.3 is 14.6 Å². The highest BCUT2D eigenvalue weighted by Crippen LogP contribution is 2.32. The summed E-state index contributed by atoms with van der Waals surface area (Å²) >= 11 is 0. The Morgan fingerprint density at radius 3 is 2.94 bits per heavy atom. The van der Waals surface area contributed by atoms with Crippen LogP contribution < -0.4 is 4.74 Å². The second kappa shape index (κ2) is 4.85. The molecule has 0 saturated carbocycles. The zero-order valence-electron chi connectivity index (χ0n) is 9.72. The summed E-state index contributed by atoms with van der Waals surface area (Å²) in [4.78, 5) is 0. The molecule has 3 nitrogen and oxygen atoms in total. The zero-order valence-corrected chi connectivity index (χ0v) is 9.72. The lowest BCUT2D eigenvalue weighted by atomic mass is 9.95. The molecule has 0 aromatic heterocycles. The van der Waals surface area contributed by atoms with Crippen LogP contribution in [-0.2, 0) is 4.74 Å². The van der Waals surface area contributed by atoms with Crippen LogP contribution >= 0.6 is 0 Å². The SMILES string of the molecule is COc1cccc(C(O)C2OCCC2C)c1. The molecule has 0 spiro atoms. The summed E-state index contributed by atoms with van der Waals surface area (Å²) in [7, 11) is 1.63. The van der Waals surface area contributed by atoms with Gasteiger partial charge in [-0.1, -0.05) is 19.1 Å². The molecule has 1 N–H and O–H groups in total. The molecule has 0 aliphatic carbocycles. The van der Waals surface area contributed by atoms with Gasteiger partial charge in [-0.05, 0) is 30.0 Å². The fraction of sp³-hybridized carbons (Fsp3) is 0.538. The zero-order chi connectivity index (χ0) is 11.5. The molecule has 1 saturated heterocycles. The normalized spacial score (nSPS) is 26.7. The number of aliphatic hydroxyl groups is 1. The molecule has 2 rings (SSSR count). The molecule has 1 fully saturated rings. The van der Waals surface area contributed by atoms with Crippen LogP contribution in [0.2, 0.25) is 0 Å². The van der Waals surface area contributed by atoms with Crippen molar-refractivity contribution in [1.29, 1.82) is 0 Å². The molecule has 1 aromatic carbocycles. The predicted molar refractivity (Wildman–Crippen MR) is 61.5 cm³/mol. The van der Waals surface area contributed by atoms with Gasteiger partial charge >= 0.3 is 0 Å². The molecule has 0 amide bonds. The van der Waals surface area contributed by atoms with Crippen LogP contribution in [0.4, 0.5) is 0 Å². The highest BCUT2D eigenvalue weighted by atomic mass is 16.5. The van der Waals surface area contributed by atoms with Crippen molar-refractivity contribution >= 4 is 0 Å². The molecule has 16 heavy (non-hydrogen) atoms. The highest BCUT2D eigenvalue weighted by molar-refractivity contribution is 5.30. The number of ether oxygens (including phenoxy) is 2. The Hall–Kier alpha value is -1.06. The first kappa shape index (κ1) is 11.4. The number of hydrogen-bond acceptors (Lipinski definition) is 3. The molecule has 3 unspecified atom stereocenters. The second-order valence-corrected chi connectivity index (χ2v) is 4.32. The van der Waals surface area contributed by atoms with Crippen molar-refractivity contribution in [2.45, 2.75) is 25.6 Å². The summed E-state index contributed by atoms with van der Waals surface area (Å²) in [5.74, 6) is 1.17. The molecular formula is C13H18O3. The van der Waals surface area contributed by atoms with Gasteiger partial charge in [-0.3, -0.25) is 0 Å². The lowest BCUT2D eigenvalue weighted by molar-refractivity contribution is -0.0178. The lowest BCUT2D eigenvalue weighted by Crippen LogP contribution is -2.22. The number of benzene rings is 1. The van der Waals surface area contributed by atoms with E-state index in [4.69, 9.17) is 9.47 Å². The van der Waals surface area contributed by atoms with Crippen molar-refractivity contribution < 1.29 is 14.6 Å². The van der Waals surface area contributed by atoms with Crippen LogP contribution in [0, 0.1) is 5.92 Å². The van der Waals surface area contributed by atoms with Gasteiger partial charge in [-0.25, -0.2) is 0 Å². The van der Waals surface area contributed by atoms with Crippen molar-refractivity contribution in [3.8, 4) is 5.75 Å². The summed E-state index contributed by atoms with van der Waals surface area (Å²) in [5.41, 5.74) is 0.859. The Kier molecular flexibility index (Phi) is 3.46. The van der Waals surface area contributed by atoms with E-state index >= 15 is 0 Å². The van der Waals surface area contributed by atoms with Gasteiger partial charge in [0, 0.05) is 6.61 Å². The van der Waals surface area contributed by atoms with Crippen LogP contribution in [0.25, 0.3) is 0 Å². The Morgan fingerprint density at radius 1 is 1.50 bits per heavy atom. The first-order valence-electron chi connectivity index (χ1n) is 5.66. The van der Waals surface area contributed by atoms with Gasteiger partial charge in [0.05, 0.1) is 13.2 Å². The maximum atomic E-state index is 10.2. The van der Waals surface area contributed by atoms with Crippen LogP contribution in [0.15, 0.2) is 24.3 Å². The van der Waals surface area contributed by atoms with E-state index in [9.17, 15) is 5.11 Å². The molecule has 3 heteroatoms. The molecule has 1 aromatic rings. The number of rotatable bonds is 3. The Labute approximate surface area is 96.0 Å². The van der Waals surface area contributed by atoms with E-state index in [0.717, 1.165) is 24.3 Å². The van der Waals surface area contributed by atoms with Gasteiger partial charge in [-0.15, -0.1) is 0 Å². The monoisotopic (exact) mass is 222 g/mol. The van der Waals surface area contributed by atoms with E-state index in [0.29, 0.717) is 5.92 Å². The van der Waals surface area contributed by atoms with Crippen LogP contribution in [0.5, 0.6) is 5.75 Å². The van der Waals surface area contributed by atoms with E-state index in [1.807, 2.05) is 24.3 Å². The topological polar surface area (TPSA) is 38.7 Å². The minimum absolute atomic E-state index is 0.0906. The predicted octanol–water partition coefficient (Wildman–Crippen LogP) is 2.15. The lowest BCUT2D eigenvalue weighted by Gasteiger charge is -2.21. The van der Waals surface area contributed by atoms with Crippen LogP contribution in [0.3, 0.4) is 0 Å². The Bertz CT molecular complexity index is 351. The van der Waals surface area contributed by atoms with Crippen molar-refractivity contribution in [1.82, 2.24) is 0 Å². The smallest absolute Gasteiger partial charge is 0.119 e. The van der Waals surface area contributed by atoms with E-state index in [2.05, 4.69) is 6.92 Å². The average Bonchev–Trinajstić information content (AvgIpc) is 2.74. The van der Waals surface area contributed by atoms with Crippen LogP contribution in [0.1, 0.15) is 25.0 Å². The minimum Gasteiger partial charge on any atom is -0.497 e. The molecule has 1 aliphatic heterocycles. The Balaban J connectivity index is 2.16. The fourth-order valence-electron chi connectivity index (χ4n) is 2.14. The minimum atomic E-state index is -0.562. The molecule has 88 valence electrons. The molecule has 0 bridgehead atoms. The summed E-state index contributed by atoms with van der Waals surface area (Å²) in [6, 6.07) is 7.52. The molecule has 1 aliphatic rings. The number of methoxy groups -OCH3 is 1. The van der Waals surface area contributed by atoms with Gasteiger partial charge in [-0.2, -0.15) is 0 Å². The summed E-state index contributed by atoms with van der Waals surface area (Å²) in [5, 5.41) is 10.2. The van der Waals surface area contributed by atoms with Gasteiger partial charge in [0.1, 0.15) is 11.9 Å². The molecule has 3 atom stereocenters. The summed E-state index contributed by atoms with van der Waals surface area (Å²) < 4.78 is 10.7. The third-order valence-corrected chi connectivity index (χ3v) is 3.19. The molecule has 1 heterocycles. The molecule has 0 radical (unpaired) electrons. The summed E-state index contributed by atoms with van der Waals surface area (Å²) in [6.07, 6.45) is 0.366. The maximum absolute atomic E-state index is 10.2. The fourth-order valence-corrected chi connectivity index (χ4v) is 2.14. The van der Waals surface area contributed by atoms with Gasteiger partial charge in [0.2, 0.25) is 0 Å².